The Balaban J connectivity index is 2.42. The number of nitrogens with zero attached hydrogens (tertiary/aromatic N) is 3. The van der Waals surface area contributed by atoms with Crippen LogP contribution >= 0.6 is 0 Å². The lowest BCUT2D eigenvalue weighted by Crippen LogP contribution is -2.16. The predicted molar refractivity (Wildman–Crippen MR) is 70.2 cm³/mol. The fraction of sp³-hybridized carbons (Fsp3) is 0.538. The van der Waals surface area contributed by atoms with Gasteiger partial charge in [-0.05, 0) is 33.6 Å². The van der Waals surface area contributed by atoms with Crippen molar-refractivity contribution in [2.45, 2.75) is 46.1 Å². The molecule has 1 heterocycles. The summed E-state index contributed by atoms with van der Waals surface area (Å²) in [7, 11) is 0. The Kier molecular flexibility index (Phi) is 3.87. The van der Waals surface area contributed by atoms with Crippen LogP contribution in [-0.4, -0.2) is 26.8 Å². The third-order valence-electron chi connectivity index (χ3n) is 2.78. The van der Waals surface area contributed by atoms with E-state index >= 15 is 0 Å². The van der Waals surface area contributed by atoms with Gasteiger partial charge < -0.3 is 5.32 Å². The Morgan fingerprint density at radius 1 is 1.21 bits per heavy atom. The maximum atomic E-state index is 13.9. The minimum atomic E-state index is -0.702. The molecule has 0 aliphatic heterocycles. The van der Waals surface area contributed by atoms with Crippen molar-refractivity contribution in [2.75, 3.05) is 5.32 Å². The van der Waals surface area contributed by atoms with Crippen LogP contribution in [-0.2, 0) is 4.79 Å². The maximum absolute atomic E-state index is 13.9. The van der Waals surface area contributed by atoms with Gasteiger partial charge in [-0.3, -0.25) is 4.79 Å². The van der Waals surface area contributed by atoms with Crippen LogP contribution in [0, 0.1) is 6.92 Å². The van der Waals surface area contributed by atoms with E-state index in [-0.39, 0.29) is 18.3 Å². The van der Waals surface area contributed by atoms with Crippen LogP contribution in [0.3, 0.4) is 0 Å². The van der Waals surface area contributed by atoms with Gasteiger partial charge in [-0.1, -0.05) is 0 Å². The van der Waals surface area contributed by atoms with E-state index in [2.05, 4.69) is 20.3 Å². The molecule has 6 heteroatoms. The number of hydrogen-bond acceptors (Lipinski definition) is 5. The van der Waals surface area contributed by atoms with Crippen molar-refractivity contribution in [3.05, 3.63) is 17.5 Å². The zero-order valence-electron chi connectivity index (χ0n) is 11.3. The number of Topliss-reactive ketones (excluding diaryl/α,β-unsaturated/α-hetero) is 1. The Morgan fingerprint density at radius 3 is 2.63 bits per heavy atom. The molecule has 5 nitrogen and oxygen atoms in total. The van der Waals surface area contributed by atoms with Gasteiger partial charge in [0.2, 0.25) is 5.95 Å². The summed E-state index contributed by atoms with van der Waals surface area (Å²) in [5, 5.41) is 3.06. The van der Waals surface area contributed by atoms with Crippen molar-refractivity contribution in [2.24, 2.45) is 0 Å². The molecular formula is C13H17FN4O. The molecule has 0 radical (unpaired) electrons. The van der Waals surface area contributed by atoms with Gasteiger partial charge in [0.05, 0.1) is 0 Å². The molecule has 19 heavy (non-hydrogen) atoms. The second-order valence-electron chi connectivity index (χ2n) is 4.90. The van der Waals surface area contributed by atoms with Gasteiger partial charge in [0.25, 0.3) is 0 Å². The normalized spacial score (nSPS) is 16.2. The van der Waals surface area contributed by atoms with E-state index in [4.69, 9.17) is 0 Å². The molecule has 1 aromatic heterocycles. The number of ketones is 1. The molecule has 1 aromatic rings. The summed E-state index contributed by atoms with van der Waals surface area (Å²) < 4.78 is 13.9. The topological polar surface area (TPSA) is 67.8 Å². The van der Waals surface area contributed by atoms with Crippen LogP contribution in [0.15, 0.2) is 5.83 Å². The number of rotatable bonds is 3. The number of carbonyl (C=O) groups is 1. The summed E-state index contributed by atoms with van der Waals surface area (Å²) in [5.41, 5.74) is 0.300. The molecular weight excluding hydrogens is 247 g/mol. The van der Waals surface area contributed by atoms with E-state index < -0.39 is 11.6 Å². The van der Waals surface area contributed by atoms with Gasteiger partial charge in [-0.25, -0.2) is 9.37 Å². The molecule has 0 aromatic carbocycles. The van der Waals surface area contributed by atoms with Gasteiger partial charge in [0, 0.05) is 18.0 Å². The number of aryl methyl sites for hydroxylation is 1. The highest BCUT2D eigenvalue weighted by atomic mass is 19.1. The summed E-state index contributed by atoms with van der Waals surface area (Å²) in [4.78, 5) is 23.9. The van der Waals surface area contributed by atoms with E-state index in [0.29, 0.717) is 30.2 Å². The number of carbonyl (C=O) groups excluding carboxylic acids is 1. The van der Waals surface area contributed by atoms with E-state index in [1.54, 1.807) is 6.92 Å². The number of nitrogens with one attached hydrogen (secondary N) is 1. The van der Waals surface area contributed by atoms with E-state index in [1.807, 2.05) is 13.8 Å². The SMILES string of the molecule is Cc1nc(NC(C)C)nc(C2=C(F)C(=O)CCC2)n1. The molecule has 0 saturated carbocycles. The summed E-state index contributed by atoms with van der Waals surface area (Å²) in [6.07, 6.45) is 1.39. The van der Waals surface area contributed by atoms with Crippen LogP contribution in [0.25, 0.3) is 5.57 Å². The fourth-order valence-electron chi connectivity index (χ4n) is 1.96. The molecule has 0 bridgehead atoms. The molecule has 0 spiro atoms. The van der Waals surface area contributed by atoms with Crippen molar-refractivity contribution in [3.8, 4) is 0 Å². The quantitative estimate of drug-likeness (QED) is 0.908. The summed E-state index contributed by atoms with van der Waals surface area (Å²) >= 11 is 0. The first-order valence-electron chi connectivity index (χ1n) is 6.39. The Bertz CT molecular complexity index is 539. The van der Waals surface area contributed by atoms with Crippen LogP contribution < -0.4 is 5.32 Å². The van der Waals surface area contributed by atoms with Crippen LogP contribution in [0.1, 0.15) is 44.8 Å². The lowest BCUT2D eigenvalue weighted by atomic mass is 9.97. The molecule has 102 valence electrons. The van der Waals surface area contributed by atoms with Crippen LogP contribution in [0.5, 0.6) is 0 Å². The summed E-state index contributed by atoms with van der Waals surface area (Å²) in [5.74, 6) is 0.0218. The van der Waals surface area contributed by atoms with Gasteiger partial charge in [-0.2, -0.15) is 9.97 Å². The molecule has 0 amide bonds. The fourth-order valence-corrected chi connectivity index (χ4v) is 1.96. The zero-order valence-corrected chi connectivity index (χ0v) is 11.3. The first-order valence-corrected chi connectivity index (χ1v) is 6.39. The molecule has 0 fully saturated rings. The highest BCUT2D eigenvalue weighted by Gasteiger charge is 2.24. The predicted octanol–water partition coefficient (Wildman–Crippen LogP) is 2.43. The minimum Gasteiger partial charge on any atom is -0.352 e. The molecule has 1 aliphatic carbocycles. The lowest BCUT2D eigenvalue weighted by Gasteiger charge is -2.14. The number of hydrogen-bond donors (Lipinski definition) is 1. The van der Waals surface area contributed by atoms with Crippen molar-refractivity contribution in [1.29, 1.82) is 0 Å². The number of halogens is 1. The van der Waals surface area contributed by atoms with Crippen molar-refractivity contribution < 1.29 is 9.18 Å². The Morgan fingerprint density at radius 2 is 1.95 bits per heavy atom. The minimum absolute atomic E-state index is 0.168. The Labute approximate surface area is 111 Å². The van der Waals surface area contributed by atoms with Crippen LogP contribution in [0.2, 0.25) is 0 Å². The summed E-state index contributed by atoms with van der Waals surface area (Å²) in [6, 6.07) is 0.168. The van der Waals surface area contributed by atoms with Gasteiger partial charge in [0.15, 0.2) is 17.4 Å². The lowest BCUT2D eigenvalue weighted by molar-refractivity contribution is -0.117. The third kappa shape index (κ3) is 3.13. The van der Waals surface area contributed by atoms with Crippen molar-refractivity contribution >= 4 is 17.3 Å². The summed E-state index contributed by atoms with van der Waals surface area (Å²) in [6.45, 7) is 5.64. The van der Waals surface area contributed by atoms with E-state index in [9.17, 15) is 9.18 Å². The molecule has 0 saturated heterocycles. The molecule has 1 aliphatic rings. The van der Waals surface area contributed by atoms with Crippen molar-refractivity contribution in [3.63, 3.8) is 0 Å². The average molecular weight is 264 g/mol. The Hall–Kier alpha value is -1.85. The van der Waals surface area contributed by atoms with Gasteiger partial charge in [0.1, 0.15) is 5.82 Å². The molecule has 0 atom stereocenters. The monoisotopic (exact) mass is 264 g/mol. The standard InChI is InChI=1S/C13H17FN4O/c1-7(2)15-13-17-8(3)16-12(18-13)9-5-4-6-10(19)11(9)14/h7H,4-6H2,1-3H3,(H,15,16,17,18). The van der Waals surface area contributed by atoms with Gasteiger partial charge in [-0.15, -0.1) is 0 Å². The van der Waals surface area contributed by atoms with E-state index in [1.165, 1.54) is 0 Å². The second-order valence-corrected chi connectivity index (χ2v) is 4.90. The number of anilines is 1. The number of aromatic nitrogens is 3. The smallest absolute Gasteiger partial charge is 0.226 e. The van der Waals surface area contributed by atoms with E-state index in [0.717, 1.165) is 0 Å². The second kappa shape index (κ2) is 5.42. The largest absolute Gasteiger partial charge is 0.352 e. The molecule has 0 unspecified atom stereocenters. The first-order chi connectivity index (χ1) is 8.97. The molecule has 2 rings (SSSR count). The van der Waals surface area contributed by atoms with Crippen molar-refractivity contribution in [1.82, 2.24) is 15.0 Å². The zero-order chi connectivity index (χ0) is 14.0. The van der Waals surface area contributed by atoms with Crippen LogP contribution in [0.4, 0.5) is 10.3 Å². The molecule has 1 N–H and O–H groups in total. The van der Waals surface area contributed by atoms with Gasteiger partial charge >= 0.3 is 0 Å². The number of allylic oxidation sites excluding steroid dienone is 2. The first kappa shape index (κ1) is 13.6. The maximum Gasteiger partial charge on any atom is 0.226 e. The highest BCUT2D eigenvalue weighted by molar-refractivity contribution is 6.01. The third-order valence-corrected chi connectivity index (χ3v) is 2.78. The highest BCUT2D eigenvalue weighted by Crippen LogP contribution is 2.29. The average Bonchev–Trinajstić information content (AvgIpc) is 2.31.